The van der Waals surface area contributed by atoms with Gasteiger partial charge in [0, 0.05) is 4.57 Å². The third-order valence-electron chi connectivity index (χ3n) is 1.46. The van der Waals surface area contributed by atoms with Gasteiger partial charge in [0.05, 0.1) is 0 Å². The van der Waals surface area contributed by atoms with E-state index in [9.17, 15) is 4.57 Å². The van der Waals surface area contributed by atoms with Gasteiger partial charge in [-0.25, -0.2) is 0 Å². The second-order valence-electron chi connectivity index (χ2n) is 2.80. The van der Waals surface area contributed by atoms with Crippen molar-refractivity contribution in [2.45, 2.75) is 25.0 Å². The van der Waals surface area contributed by atoms with Gasteiger partial charge in [-0.3, -0.25) is 0 Å². The Kier molecular flexibility index (Phi) is 12.1. The van der Waals surface area contributed by atoms with Crippen LogP contribution in [0.2, 0.25) is 0 Å². The quantitative estimate of drug-likeness (QED) is 0.265. The van der Waals surface area contributed by atoms with Gasteiger partial charge < -0.3 is 9.47 Å². The zero-order valence-corrected chi connectivity index (χ0v) is 12.5. The van der Waals surface area contributed by atoms with E-state index in [4.69, 9.17) is 41.7 Å². The van der Waals surface area contributed by atoms with Crippen LogP contribution in [0.4, 0.5) is 0 Å². The van der Waals surface area contributed by atoms with Gasteiger partial charge in [0.1, 0.15) is 0 Å². The Morgan fingerprint density at radius 1 is 1.00 bits per heavy atom. The first-order valence-corrected chi connectivity index (χ1v) is 7.07. The Labute approximate surface area is 118 Å². The van der Waals surface area contributed by atoms with Crippen molar-refractivity contribution in [1.82, 2.24) is 0 Å². The smallest absolute Gasteiger partial charge is 0.328 e. The van der Waals surface area contributed by atoms with Crippen LogP contribution in [0.5, 0.6) is 0 Å². The maximum Gasteiger partial charge on any atom is 0.702 e. The van der Waals surface area contributed by atoms with Gasteiger partial charge in [-0.1, -0.05) is 44.4 Å². The molecule has 0 aliphatic rings. The lowest BCUT2D eigenvalue weighted by Gasteiger charge is -2.02. The summed E-state index contributed by atoms with van der Waals surface area (Å²) in [6.45, 7) is 3.11. The highest BCUT2D eigenvalue weighted by Crippen LogP contribution is 2.24. The van der Waals surface area contributed by atoms with Gasteiger partial charge in [0.15, 0.2) is 11.1 Å². The molecule has 0 aliphatic heterocycles. The Bertz CT molecular complexity index is 259. The molecule has 0 bridgehead atoms. The van der Waals surface area contributed by atoms with E-state index in [1.54, 1.807) is 38.2 Å². The van der Waals surface area contributed by atoms with Crippen molar-refractivity contribution in [3.8, 4) is 0 Å². The molecular formula is C10H16Cl2O5P+. The van der Waals surface area contributed by atoms with Gasteiger partial charge >= 0.3 is 8.25 Å². The minimum Gasteiger partial charge on any atom is -0.328 e. The van der Waals surface area contributed by atoms with Crippen LogP contribution in [0.25, 0.3) is 0 Å². The van der Waals surface area contributed by atoms with Crippen molar-refractivity contribution in [2.24, 2.45) is 0 Å². The minimum atomic E-state index is -2.33. The number of hydrogen-bond acceptors (Lipinski definition) is 5. The summed E-state index contributed by atoms with van der Waals surface area (Å²) >= 11 is 11.3. The zero-order chi connectivity index (χ0) is 13.8. The number of allylic oxidation sites excluding steroid dienone is 2. The lowest BCUT2D eigenvalue weighted by molar-refractivity contribution is -0.0188. The predicted molar refractivity (Wildman–Crippen MR) is 70.6 cm³/mol. The molecule has 104 valence electrons. The van der Waals surface area contributed by atoms with Crippen molar-refractivity contribution in [1.29, 1.82) is 0 Å². The van der Waals surface area contributed by atoms with Crippen molar-refractivity contribution in [3.63, 3.8) is 0 Å². The van der Waals surface area contributed by atoms with Gasteiger partial charge in [-0.2, -0.15) is 0 Å². The highest BCUT2D eigenvalue weighted by Gasteiger charge is 2.21. The lowest BCUT2D eigenvalue weighted by atomic mass is 10.5. The molecule has 18 heavy (non-hydrogen) atoms. The first-order chi connectivity index (χ1) is 8.60. The number of halogens is 2. The summed E-state index contributed by atoms with van der Waals surface area (Å²) in [5, 5.41) is 0. The molecule has 0 amide bonds. The molecule has 0 saturated heterocycles. The minimum absolute atomic E-state index is 0.243. The molecule has 0 saturated carbocycles. The van der Waals surface area contributed by atoms with Gasteiger partial charge in [0.2, 0.25) is 13.6 Å². The molecule has 0 aliphatic carbocycles. The molecule has 0 aromatic heterocycles. The maximum absolute atomic E-state index is 11.1. The van der Waals surface area contributed by atoms with Crippen LogP contribution in [0.3, 0.4) is 0 Å². The summed E-state index contributed by atoms with van der Waals surface area (Å²) in [5.74, 6) is 0. The molecule has 0 spiro atoms. The molecule has 8 heteroatoms. The van der Waals surface area contributed by atoms with Gasteiger partial charge in [-0.05, 0) is 26.0 Å². The molecule has 0 heterocycles. The Balaban J connectivity index is 3.54. The summed E-state index contributed by atoms with van der Waals surface area (Å²) in [4.78, 5) is 0. The summed E-state index contributed by atoms with van der Waals surface area (Å²) in [5.41, 5.74) is -1.26. The van der Waals surface area contributed by atoms with Crippen molar-refractivity contribution < 1.29 is 23.1 Å². The largest absolute Gasteiger partial charge is 0.702 e. The topological polar surface area (TPSA) is 54.0 Å². The second-order valence-corrected chi connectivity index (χ2v) is 4.63. The van der Waals surface area contributed by atoms with Crippen molar-refractivity contribution >= 4 is 31.5 Å². The fourth-order valence-corrected chi connectivity index (χ4v) is 1.49. The van der Waals surface area contributed by atoms with E-state index in [0.717, 1.165) is 0 Å². The van der Waals surface area contributed by atoms with Crippen LogP contribution in [-0.4, -0.2) is 24.7 Å². The van der Waals surface area contributed by atoms with E-state index >= 15 is 0 Å². The molecular weight excluding hydrogens is 302 g/mol. The molecule has 0 fully saturated rings. The van der Waals surface area contributed by atoms with Crippen LogP contribution < -0.4 is 0 Å². The molecule has 2 unspecified atom stereocenters. The highest BCUT2D eigenvalue weighted by atomic mass is 35.5. The van der Waals surface area contributed by atoms with E-state index < -0.39 is 19.4 Å². The Morgan fingerprint density at radius 2 is 1.39 bits per heavy atom. The van der Waals surface area contributed by atoms with Crippen LogP contribution in [-0.2, 0) is 23.1 Å². The number of alkyl halides is 2. The molecule has 0 N–H and O–H groups in total. The molecule has 2 atom stereocenters. The van der Waals surface area contributed by atoms with Crippen molar-refractivity contribution in [3.05, 3.63) is 24.3 Å². The van der Waals surface area contributed by atoms with Crippen molar-refractivity contribution in [2.75, 3.05) is 13.6 Å². The Morgan fingerprint density at radius 3 is 1.72 bits per heavy atom. The fraction of sp³-hybridized carbons (Fsp3) is 0.600. The van der Waals surface area contributed by atoms with E-state index in [1.165, 1.54) is 0 Å². The molecule has 0 aromatic carbocycles. The standard InChI is InChI=1S/C10H16Cl2O5P/c1-3-5-9(11)14-7-16-18(13)17-8-15-10(12)6-4-2/h3-6,9-10H,7-8H2,1-2H3/q+1/b5-3-,6-4-. The summed E-state index contributed by atoms with van der Waals surface area (Å²) in [6, 6.07) is 0. The molecule has 5 nitrogen and oxygen atoms in total. The van der Waals surface area contributed by atoms with E-state index in [-0.39, 0.29) is 13.6 Å². The summed E-state index contributed by atoms with van der Waals surface area (Å²) < 4.78 is 30.4. The maximum atomic E-state index is 11.1. The number of hydrogen-bond donors (Lipinski definition) is 0. The number of ether oxygens (including phenoxy) is 2. The summed E-state index contributed by atoms with van der Waals surface area (Å²) in [6.07, 6.45) is 6.67. The van der Waals surface area contributed by atoms with E-state index in [1.807, 2.05) is 0 Å². The van der Waals surface area contributed by atoms with Crippen LogP contribution in [0, 0.1) is 0 Å². The Hall–Kier alpha value is -0.000000000000000111. The average Bonchev–Trinajstić information content (AvgIpc) is 2.29. The number of rotatable bonds is 10. The van der Waals surface area contributed by atoms with Crippen LogP contribution in [0.15, 0.2) is 24.3 Å². The predicted octanol–water partition coefficient (Wildman–Crippen LogP) is 3.91. The zero-order valence-electron chi connectivity index (χ0n) is 10.1. The van der Waals surface area contributed by atoms with Gasteiger partial charge in [0.25, 0.3) is 0 Å². The normalized spacial score (nSPS) is 16.3. The first kappa shape index (κ1) is 18.0. The molecule has 0 rings (SSSR count). The van der Waals surface area contributed by atoms with Crippen LogP contribution >= 0.6 is 31.5 Å². The monoisotopic (exact) mass is 317 g/mol. The molecule has 0 aromatic rings. The third kappa shape index (κ3) is 11.1. The summed E-state index contributed by atoms with van der Waals surface area (Å²) in [7, 11) is -2.33. The fourth-order valence-electron chi connectivity index (χ4n) is 0.728. The van der Waals surface area contributed by atoms with Gasteiger partial charge in [-0.15, -0.1) is 0 Å². The second kappa shape index (κ2) is 12.1. The SMILES string of the molecule is C/C=C\C(Cl)OCO[P+](=O)OCOC(Cl)/C=C\C. The molecule has 0 radical (unpaired) electrons. The van der Waals surface area contributed by atoms with E-state index in [0.29, 0.717) is 0 Å². The highest BCUT2D eigenvalue weighted by molar-refractivity contribution is 7.33. The third-order valence-corrected chi connectivity index (χ3v) is 2.63. The average molecular weight is 318 g/mol. The van der Waals surface area contributed by atoms with Crippen LogP contribution in [0.1, 0.15) is 13.8 Å². The first-order valence-electron chi connectivity index (χ1n) is 5.10. The lowest BCUT2D eigenvalue weighted by Crippen LogP contribution is -2.06. The van der Waals surface area contributed by atoms with E-state index in [2.05, 4.69) is 0 Å².